The number of benzene rings is 1. The van der Waals surface area contributed by atoms with Crippen LogP contribution in [0.1, 0.15) is 31.2 Å². The predicted molar refractivity (Wildman–Crippen MR) is 80.9 cm³/mol. The zero-order valence-corrected chi connectivity index (χ0v) is 12.6. The average Bonchev–Trinajstić information content (AvgIpc) is 3.00. The third kappa shape index (κ3) is 3.31. The van der Waals surface area contributed by atoms with Crippen molar-refractivity contribution in [2.24, 2.45) is 0 Å². The Kier molecular flexibility index (Phi) is 4.03. The van der Waals surface area contributed by atoms with Crippen LogP contribution in [0.25, 0.3) is 0 Å². The molecule has 1 aliphatic rings. The topological polar surface area (TPSA) is 54.0 Å². The van der Waals surface area contributed by atoms with Crippen LogP contribution in [0.5, 0.6) is 0 Å². The Hall–Kier alpha value is -1.72. The molecule has 112 valence electrons. The predicted octanol–water partition coefficient (Wildman–Crippen LogP) is 2.20. The molecule has 1 atom stereocenters. The van der Waals surface area contributed by atoms with E-state index in [1.54, 1.807) is 6.20 Å². The van der Waals surface area contributed by atoms with Gasteiger partial charge in [-0.05, 0) is 19.4 Å². The number of aromatic amines is 1. The Morgan fingerprint density at radius 3 is 2.86 bits per heavy atom. The Labute approximate surface area is 125 Å². The van der Waals surface area contributed by atoms with E-state index in [2.05, 4.69) is 58.4 Å². The highest BCUT2D eigenvalue weighted by Gasteiger charge is 2.35. The summed E-state index contributed by atoms with van der Waals surface area (Å²) in [4.78, 5) is 2.49. The lowest BCUT2D eigenvalue weighted by Gasteiger charge is -2.45. The van der Waals surface area contributed by atoms with E-state index < -0.39 is 0 Å². The monoisotopic (exact) mass is 286 g/mol. The van der Waals surface area contributed by atoms with Crippen LogP contribution in [0.2, 0.25) is 0 Å². The Morgan fingerprint density at radius 1 is 1.33 bits per heavy atom. The van der Waals surface area contributed by atoms with Gasteiger partial charge in [0.05, 0.1) is 24.6 Å². The molecule has 1 aromatic heterocycles. The van der Waals surface area contributed by atoms with E-state index in [-0.39, 0.29) is 11.6 Å². The van der Waals surface area contributed by atoms with E-state index in [0.717, 1.165) is 31.8 Å². The molecule has 2 aromatic rings. The molecule has 2 heterocycles. The number of H-pyrrole nitrogens is 1. The van der Waals surface area contributed by atoms with Gasteiger partial charge in [0.15, 0.2) is 0 Å². The van der Waals surface area contributed by atoms with E-state index in [1.807, 2.05) is 6.07 Å². The van der Waals surface area contributed by atoms with E-state index >= 15 is 0 Å². The molecule has 1 saturated heterocycles. The summed E-state index contributed by atoms with van der Waals surface area (Å²) in [5, 5.41) is 10.7. The van der Waals surface area contributed by atoms with Gasteiger partial charge in [-0.2, -0.15) is 15.4 Å². The van der Waals surface area contributed by atoms with Gasteiger partial charge < -0.3 is 4.74 Å². The van der Waals surface area contributed by atoms with Crippen LogP contribution in [0.4, 0.5) is 0 Å². The second-order valence-electron chi connectivity index (χ2n) is 6.18. The second kappa shape index (κ2) is 5.95. The number of morpholine rings is 1. The second-order valence-corrected chi connectivity index (χ2v) is 6.18. The number of nitrogens with zero attached hydrogens (tertiary/aromatic N) is 3. The van der Waals surface area contributed by atoms with Crippen molar-refractivity contribution in [1.29, 1.82) is 0 Å². The zero-order valence-electron chi connectivity index (χ0n) is 12.6. The molecule has 3 rings (SSSR count). The lowest BCUT2D eigenvalue weighted by molar-refractivity contribution is -0.0999. The lowest BCUT2D eigenvalue weighted by Crippen LogP contribution is -2.54. The maximum atomic E-state index is 6.07. The first-order valence-corrected chi connectivity index (χ1v) is 7.41. The summed E-state index contributed by atoms with van der Waals surface area (Å²) in [6.45, 7) is 7.08. The minimum absolute atomic E-state index is 0.0506. The van der Waals surface area contributed by atoms with Crippen LogP contribution >= 0.6 is 0 Å². The molecule has 1 unspecified atom stereocenters. The summed E-state index contributed by atoms with van der Waals surface area (Å²) in [7, 11) is 0. The van der Waals surface area contributed by atoms with Gasteiger partial charge in [-0.15, -0.1) is 0 Å². The summed E-state index contributed by atoms with van der Waals surface area (Å²) >= 11 is 0. The number of ether oxygens (including phenoxy) is 1. The van der Waals surface area contributed by atoms with Crippen molar-refractivity contribution >= 4 is 0 Å². The van der Waals surface area contributed by atoms with Crippen LogP contribution in [0.15, 0.2) is 36.5 Å². The molecule has 0 aliphatic carbocycles. The van der Waals surface area contributed by atoms with Gasteiger partial charge in [-0.25, -0.2) is 0 Å². The van der Waals surface area contributed by atoms with Crippen LogP contribution in [0, 0.1) is 0 Å². The summed E-state index contributed by atoms with van der Waals surface area (Å²) < 4.78 is 6.07. The fraction of sp³-hybridized carbons (Fsp3) is 0.500. The van der Waals surface area contributed by atoms with Crippen molar-refractivity contribution < 1.29 is 4.74 Å². The quantitative estimate of drug-likeness (QED) is 0.936. The first kappa shape index (κ1) is 14.2. The highest BCUT2D eigenvalue weighted by molar-refractivity contribution is 5.18. The van der Waals surface area contributed by atoms with Gasteiger partial charge in [-0.1, -0.05) is 30.3 Å². The van der Waals surface area contributed by atoms with Gasteiger partial charge in [0.2, 0.25) is 0 Å². The van der Waals surface area contributed by atoms with Crippen LogP contribution in [-0.4, -0.2) is 45.5 Å². The van der Waals surface area contributed by atoms with Crippen LogP contribution < -0.4 is 0 Å². The molecular weight excluding hydrogens is 264 g/mol. The standard InChI is InChI=1S/C16H22N4O/c1-16(2)12-21-15(13-6-4-3-5-7-13)11-20(16)9-8-14-10-17-19-18-14/h3-7,10,15H,8-9,11-12H2,1-2H3,(H,17,18,19). The van der Waals surface area contributed by atoms with Crippen molar-refractivity contribution in [2.75, 3.05) is 19.7 Å². The van der Waals surface area contributed by atoms with E-state index in [1.165, 1.54) is 5.56 Å². The number of aromatic nitrogens is 3. The normalized spacial score (nSPS) is 22.3. The smallest absolute Gasteiger partial charge is 0.0952 e. The van der Waals surface area contributed by atoms with Crippen LogP contribution in [-0.2, 0) is 11.2 Å². The van der Waals surface area contributed by atoms with Gasteiger partial charge in [-0.3, -0.25) is 4.90 Å². The first-order valence-electron chi connectivity index (χ1n) is 7.41. The summed E-state index contributed by atoms with van der Waals surface area (Å²) in [5.74, 6) is 0. The van der Waals surface area contributed by atoms with Gasteiger partial charge in [0.25, 0.3) is 0 Å². The van der Waals surface area contributed by atoms with Gasteiger partial charge in [0.1, 0.15) is 0 Å². The van der Waals surface area contributed by atoms with Crippen LogP contribution in [0.3, 0.4) is 0 Å². The lowest BCUT2D eigenvalue weighted by atomic mass is 9.97. The molecular formula is C16H22N4O. The minimum atomic E-state index is 0.0506. The summed E-state index contributed by atoms with van der Waals surface area (Å²) in [6.07, 6.45) is 2.85. The Balaban J connectivity index is 1.67. The van der Waals surface area contributed by atoms with Crippen molar-refractivity contribution in [2.45, 2.75) is 31.9 Å². The van der Waals surface area contributed by atoms with Crippen molar-refractivity contribution in [1.82, 2.24) is 20.3 Å². The molecule has 1 N–H and O–H groups in total. The van der Waals surface area contributed by atoms with Crippen molar-refractivity contribution in [3.05, 3.63) is 47.8 Å². The Bertz CT molecular complexity index is 553. The number of hydrogen-bond acceptors (Lipinski definition) is 4. The third-order valence-corrected chi connectivity index (χ3v) is 4.15. The fourth-order valence-corrected chi connectivity index (χ4v) is 2.75. The molecule has 21 heavy (non-hydrogen) atoms. The maximum absolute atomic E-state index is 6.07. The molecule has 5 heteroatoms. The van der Waals surface area contributed by atoms with Gasteiger partial charge in [0, 0.05) is 25.0 Å². The molecule has 1 aliphatic heterocycles. The maximum Gasteiger partial charge on any atom is 0.0952 e. The summed E-state index contributed by atoms with van der Waals surface area (Å²) in [5.41, 5.74) is 2.31. The largest absolute Gasteiger partial charge is 0.370 e. The van der Waals surface area contributed by atoms with Crippen molar-refractivity contribution in [3.63, 3.8) is 0 Å². The molecule has 0 amide bonds. The molecule has 0 spiro atoms. The number of hydrogen-bond donors (Lipinski definition) is 1. The molecule has 0 saturated carbocycles. The highest BCUT2D eigenvalue weighted by atomic mass is 16.5. The summed E-state index contributed by atoms with van der Waals surface area (Å²) in [6, 6.07) is 10.5. The number of rotatable bonds is 4. The fourth-order valence-electron chi connectivity index (χ4n) is 2.75. The zero-order chi connectivity index (χ0) is 14.7. The van der Waals surface area contributed by atoms with E-state index in [9.17, 15) is 0 Å². The third-order valence-electron chi connectivity index (χ3n) is 4.15. The highest BCUT2D eigenvalue weighted by Crippen LogP contribution is 2.30. The molecule has 0 radical (unpaired) electrons. The number of nitrogens with one attached hydrogen (secondary N) is 1. The van der Waals surface area contributed by atoms with E-state index in [4.69, 9.17) is 4.74 Å². The first-order chi connectivity index (χ1) is 10.1. The molecule has 0 bridgehead atoms. The molecule has 1 aromatic carbocycles. The molecule has 5 nitrogen and oxygen atoms in total. The molecule has 1 fully saturated rings. The Morgan fingerprint density at radius 2 is 2.14 bits per heavy atom. The average molecular weight is 286 g/mol. The SMILES string of the molecule is CC1(C)COC(c2ccccc2)CN1CCc1cn[nH]n1. The minimum Gasteiger partial charge on any atom is -0.370 e. The van der Waals surface area contributed by atoms with Gasteiger partial charge >= 0.3 is 0 Å². The van der Waals surface area contributed by atoms with E-state index in [0.29, 0.717) is 0 Å². The van der Waals surface area contributed by atoms with Crippen molar-refractivity contribution in [3.8, 4) is 0 Å².